The van der Waals surface area contributed by atoms with Gasteiger partial charge in [0.25, 0.3) is 0 Å². The molecule has 2 aromatic rings. The van der Waals surface area contributed by atoms with Crippen LogP contribution in [0.1, 0.15) is 28.8 Å². The molecule has 0 aliphatic carbocycles. The number of ether oxygens (including phenoxy) is 1. The van der Waals surface area contributed by atoms with E-state index in [2.05, 4.69) is 4.98 Å². The molecular weight excluding hydrogens is 252 g/mol. The summed E-state index contributed by atoms with van der Waals surface area (Å²) >= 11 is 0. The van der Waals surface area contributed by atoms with E-state index in [0.717, 1.165) is 5.75 Å². The molecule has 0 bridgehead atoms. The van der Waals surface area contributed by atoms with Gasteiger partial charge >= 0.3 is 0 Å². The topological polar surface area (TPSA) is 63.0 Å². The summed E-state index contributed by atoms with van der Waals surface area (Å²) in [4.78, 5) is 16.2. The van der Waals surface area contributed by atoms with Crippen LogP contribution in [0.25, 0.3) is 0 Å². The van der Waals surface area contributed by atoms with Crippen molar-refractivity contribution < 1.29 is 9.53 Å². The van der Waals surface area contributed by atoms with E-state index in [1.165, 1.54) is 6.20 Å². The van der Waals surface area contributed by atoms with Gasteiger partial charge in [-0.2, -0.15) is 5.26 Å². The molecule has 1 unspecified atom stereocenters. The molecule has 1 atom stereocenters. The van der Waals surface area contributed by atoms with Gasteiger partial charge in [0.15, 0.2) is 5.78 Å². The first kappa shape index (κ1) is 13.8. The number of benzene rings is 1. The number of nitrogens with zero attached hydrogens (tertiary/aromatic N) is 2. The Hall–Kier alpha value is -2.67. The second kappa shape index (κ2) is 6.48. The van der Waals surface area contributed by atoms with Gasteiger partial charge < -0.3 is 4.74 Å². The molecule has 0 saturated heterocycles. The molecule has 0 amide bonds. The number of carbonyl (C=O) groups excluding carboxylic acids is 1. The first-order valence-corrected chi connectivity index (χ1v) is 6.33. The van der Waals surface area contributed by atoms with E-state index in [-0.39, 0.29) is 5.78 Å². The van der Waals surface area contributed by atoms with E-state index in [4.69, 9.17) is 4.74 Å². The molecular formula is C16H14N2O2. The molecule has 0 saturated carbocycles. The van der Waals surface area contributed by atoms with Gasteiger partial charge in [-0.15, -0.1) is 0 Å². The van der Waals surface area contributed by atoms with Gasteiger partial charge in [-0.1, -0.05) is 12.1 Å². The smallest absolute Gasteiger partial charge is 0.185 e. The predicted molar refractivity (Wildman–Crippen MR) is 74.5 cm³/mol. The highest BCUT2D eigenvalue weighted by atomic mass is 16.5. The van der Waals surface area contributed by atoms with E-state index in [0.29, 0.717) is 17.7 Å². The van der Waals surface area contributed by atoms with Crippen molar-refractivity contribution in [3.63, 3.8) is 0 Å². The molecule has 20 heavy (non-hydrogen) atoms. The molecule has 4 heteroatoms. The molecule has 100 valence electrons. The maximum absolute atomic E-state index is 12.3. The Labute approximate surface area is 117 Å². The van der Waals surface area contributed by atoms with Crippen LogP contribution in [0.5, 0.6) is 5.75 Å². The van der Waals surface area contributed by atoms with E-state index >= 15 is 0 Å². The Morgan fingerprint density at radius 1 is 1.35 bits per heavy atom. The van der Waals surface area contributed by atoms with Crippen molar-refractivity contribution in [3.8, 4) is 11.8 Å². The quantitative estimate of drug-likeness (QED) is 0.780. The highest BCUT2D eigenvalue weighted by molar-refractivity contribution is 6.02. The largest absolute Gasteiger partial charge is 0.494 e. The lowest BCUT2D eigenvalue weighted by Crippen LogP contribution is -2.11. The summed E-state index contributed by atoms with van der Waals surface area (Å²) in [5.74, 6) is -0.346. The predicted octanol–water partition coefficient (Wildman–Crippen LogP) is 2.97. The number of Topliss-reactive ketones (excluding diaryl/α,β-unsaturated/α-hetero) is 1. The fourth-order valence-electron chi connectivity index (χ4n) is 1.88. The molecule has 1 heterocycles. The zero-order valence-corrected chi connectivity index (χ0v) is 11.1. The van der Waals surface area contributed by atoms with E-state index in [1.807, 2.05) is 13.0 Å². The highest BCUT2D eigenvalue weighted by Gasteiger charge is 2.21. The Morgan fingerprint density at radius 3 is 2.65 bits per heavy atom. The van der Waals surface area contributed by atoms with Crippen molar-refractivity contribution in [1.82, 2.24) is 4.98 Å². The van der Waals surface area contributed by atoms with Crippen molar-refractivity contribution in [2.24, 2.45) is 0 Å². The molecule has 0 N–H and O–H groups in total. The minimum Gasteiger partial charge on any atom is -0.494 e. The van der Waals surface area contributed by atoms with E-state index < -0.39 is 5.92 Å². The van der Waals surface area contributed by atoms with Crippen molar-refractivity contribution in [2.75, 3.05) is 6.61 Å². The summed E-state index contributed by atoms with van der Waals surface area (Å²) in [6, 6.07) is 12.4. The van der Waals surface area contributed by atoms with Crippen LogP contribution in [0.2, 0.25) is 0 Å². The molecule has 1 aromatic carbocycles. The number of rotatable bonds is 5. The maximum atomic E-state index is 12.3. The van der Waals surface area contributed by atoms with Crippen LogP contribution in [-0.2, 0) is 0 Å². The third-order valence-corrected chi connectivity index (χ3v) is 2.86. The summed E-state index contributed by atoms with van der Waals surface area (Å²) in [7, 11) is 0. The molecule has 0 radical (unpaired) electrons. The number of aromatic nitrogens is 1. The average molecular weight is 266 g/mol. The van der Waals surface area contributed by atoms with Crippen molar-refractivity contribution in [2.45, 2.75) is 12.8 Å². The standard InChI is InChI=1S/C16H14N2O2/c1-2-20-14-7-5-12(6-8-14)15(10-17)16(19)13-4-3-9-18-11-13/h3-9,11,15H,2H2,1H3. The number of nitriles is 1. The van der Waals surface area contributed by atoms with Gasteiger partial charge in [-0.25, -0.2) is 0 Å². The van der Waals surface area contributed by atoms with Crippen LogP contribution in [0.3, 0.4) is 0 Å². The Kier molecular flexibility index (Phi) is 4.46. The van der Waals surface area contributed by atoms with Crippen LogP contribution < -0.4 is 4.74 Å². The van der Waals surface area contributed by atoms with Gasteiger partial charge in [0.2, 0.25) is 0 Å². The average Bonchev–Trinajstić information content (AvgIpc) is 2.51. The molecule has 0 spiro atoms. The monoisotopic (exact) mass is 266 g/mol. The van der Waals surface area contributed by atoms with Gasteiger partial charge in [-0.05, 0) is 36.8 Å². The third-order valence-electron chi connectivity index (χ3n) is 2.86. The number of ketones is 1. The number of hydrogen-bond donors (Lipinski definition) is 0. The normalized spacial score (nSPS) is 11.4. The zero-order valence-electron chi connectivity index (χ0n) is 11.1. The van der Waals surface area contributed by atoms with Gasteiger partial charge in [0, 0.05) is 18.0 Å². The maximum Gasteiger partial charge on any atom is 0.185 e. The van der Waals surface area contributed by atoms with Gasteiger partial charge in [0.1, 0.15) is 11.7 Å². The molecule has 4 nitrogen and oxygen atoms in total. The Bertz CT molecular complexity index is 615. The summed E-state index contributed by atoms with van der Waals surface area (Å²) in [6.07, 6.45) is 3.07. The van der Waals surface area contributed by atoms with Crippen LogP contribution in [0.4, 0.5) is 0 Å². The SMILES string of the molecule is CCOc1ccc(C(C#N)C(=O)c2cccnc2)cc1. The first-order chi connectivity index (χ1) is 9.76. The number of carbonyl (C=O) groups is 1. The van der Waals surface area contributed by atoms with Crippen LogP contribution in [-0.4, -0.2) is 17.4 Å². The Morgan fingerprint density at radius 2 is 2.10 bits per heavy atom. The molecule has 0 fully saturated rings. The van der Waals surface area contributed by atoms with Crippen LogP contribution in [0, 0.1) is 11.3 Å². The fourth-order valence-corrected chi connectivity index (χ4v) is 1.88. The van der Waals surface area contributed by atoms with Gasteiger partial charge in [0.05, 0.1) is 12.7 Å². The van der Waals surface area contributed by atoms with Crippen LogP contribution in [0.15, 0.2) is 48.8 Å². The number of hydrogen-bond acceptors (Lipinski definition) is 4. The molecule has 0 aliphatic rings. The molecule has 2 rings (SSSR count). The lowest BCUT2D eigenvalue weighted by Gasteiger charge is -2.09. The molecule has 0 aliphatic heterocycles. The summed E-state index contributed by atoms with van der Waals surface area (Å²) < 4.78 is 5.34. The first-order valence-electron chi connectivity index (χ1n) is 6.33. The van der Waals surface area contributed by atoms with Crippen molar-refractivity contribution >= 4 is 5.78 Å². The van der Waals surface area contributed by atoms with Gasteiger partial charge in [-0.3, -0.25) is 9.78 Å². The summed E-state index contributed by atoms with van der Waals surface area (Å²) in [5.41, 5.74) is 1.10. The lowest BCUT2D eigenvalue weighted by molar-refractivity contribution is 0.0978. The highest BCUT2D eigenvalue weighted by Crippen LogP contribution is 2.22. The fraction of sp³-hybridized carbons (Fsp3) is 0.188. The second-order valence-corrected chi connectivity index (χ2v) is 4.17. The third kappa shape index (κ3) is 3.01. The van der Waals surface area contributed by atoms with Crippen LogP contribution >= 0.6 is 0 Å². The minimum atomic E-state index is -0.824. The van der Waals surface area contributed by atoms with E-state index in [1.54, 1.807) is 42.6 Å². The summed E-state index contributed by atoms with van der Waals surface area (Å²) in [5, 5.41) is 9.26. The zero-order chi connectivity index (χ0) is 14.4. The molecule has 1 aromatic heterocycles. The number of pyridine rings is 1. The van der Waals surface area contributed by atoms with E-state index in [9.17, 15) is 10.1 Å². The second-order valence-electron chi connectivity index (χ2n) is 4.17. The summed E-state index contributed by atoms with van der Waals surface area (Å²) in [6.45, 7) is 2.48. The Balaban J connectivity index is 2.24. The minimum absolute atomic E-state index is 0.246. The van der Waals surface area contributed by atoms with Crippen molar-refractivity contribution in [1.29, 1.82) is 5.26 Å². The van der Waals surface area contributed by atoms with Crippen molar-refractivity contribution in [3.05, 3.63) is 59.9 Å². The lowest BCUT2D eigenvalue weighted by atomic mass is 9.92.